The Kier molecular flexibility index (Phi) is 8.18. The second-order valence-corrected chi connectivity index (χ2v) is 7.02. The first-order chi connectivity index (χ1) is 16.5. The first-order valence-electron chi connectivity index (χ1n) is 10.3. The van der Waals surface area contributed by atoms with Crippen LogP contribution in [-0.2, 0) is 0 Å². The van der Waals surface area contributed by atoms with Crippen LogP contribution in [0.2, 0.25) is 0 Å². The molecule has 3 aromatic rings. The second kappa shape index (κ2) is 11.5. The van der Waals surface area contributed by atoms with Crippen LogP contribution in [0.1, 0.15) is 32.1 Å². The Labute approximate surface area is 198 Å². The van der Waals surface area contributed by atoms with E-state index in [0.29, 0.717) is 34.1 Å². The molecule has 0 aliphatic carbocycles. The minimum Gasteiger partial charge on any atom is -0.497 e. The molecule has 0 aliphatic rings. The van der Waals surface area contributed by atoms with E-state index in [1.165, 1.54) is 12.2 Å². The molecule has 0 unspecified atom stereocenters. The SMILES string of the molecule is COc1ccc(/C=C/C(=O)c2cccc(C(=O)/C=C/c3ccc(OC)cc3OC)n2)c(OC)c1. The van der Waals surface area contributed by atoms with Gasteiger partial charge >= 0.3 is 0 Å². The van der Waals surface area contributed by atoms with E-state index in [1.807, 2.05) is 0 Å². The third kappa shape index (κ3) is 5.89. The lowest BCUT2D eigenvalue weighted by molar-refractivity contribution is 0.104. The van der Waals surface area contributed by atoms with Gasteiger partial charge in [0.05, 0.1) is 28.4 Å². The lowest BCUT2D eigenvalue weighted by atomic mass is 10.1. The van der Waals surface area contributed by atoms with E-state index >= 15 is 0 Å². The zero-order chi connectivity index (χ0) is 24.5. The molecule has 0 spiro atoms. The van der Waals surface area contributed by atoms with Crippen LogP contribution in [0, 0.1) is 0 Å². The number of carbonyl (C=O) groups excluding carboxylic acids is 2. The van der Waals surface area contributed by atoms with Gasteiger partial charge in [-0.3, -0.25) is 9.59 Å². The lowest BCUT2D eigenvalue weighted by Crippen LogP contribution is -2.05. The second-order valence-electron chi connectivity index (χ2n) is 7.02. The highest BCUT2D eigenvalue weighted by atomic mass is 16.5. The number of pyridine rings is 1. The summed E-state index contributed by atoms with van der Waals surface area (Å²) in [6.45, 7) is 0. The number of benzene rings is 2. The summed E-state index contributed by atoms with van der Waals surface area (Å²) in [6, 6.07) is 15.3. The van der Waals surface area contributed by atoms with Gasteiger partial charge in [0.25, 0.3) is 0 Å². The Balaban J connectivity index is 1.77. The van der Waals surface area contributed by atoms with Crippen molar-refractivity contribution in [3.63, 3.8) is 0 Å². The maximum atomic E-state index is 12.7. The van der Waals surface area contributed by atoms with Crippen LogP contribution in [-0.4, -0.2) is 45.0 Å². The predicted molar refractivity (Wildman–Crippen MR) is 130 cm³/mol. The van der Waals surface area contributed by atoms with E-state index in [9.17, 15) is 9.59 Å². The number of aromatic nitrogens is 1. The minimum absolute atomic E-state index is 0.157. The molecule has 0 fully saturated rings. The molecule has 0 atom stereocenters. The molecular formula is C27H25NO6. The van der Waals surface area contributed by atoms with Gasteiger partial charge in [-0.2, -0.15) is 0 Å². The Hall–Kier alpha value is -4.39. The molecule has 7 nitrogen and oxygen atoms in total. The molecular weight excluding hydrogens is 434 g/mol. The molecule has 0 saturated carbocycles. The predicted octanol–water partition coefficient (Wildman–Crippen LogP) is 4.91. The molecule has 0 aliphatic heterocycles. The van der Waals surface area contributed by atoms with Crippen LogP contribution in [0.3, 0.4) is 0 Å². The standard InChI is InChI=1S/C27H25NO6/c1-31-20-12-8-18(26(16-20)33-3)10-14-24(29)22-6-5-7-23(28-22)25(30)15-11-19-9-13-21(32-2)17-27(19)34-4/h5-17H,1-4H3/b14-10+,15-11+. The summed E-state index contributed by atoms with van der Waals surface area (Å²) in [5.74, 6) is 1.75. The average molecular weight is 459 g/mol. The van der Waals surface area contributed by atoms with Crippen molar-refractivity contribution in [1.82, 2.24) is 4.98 Å². The highest BCUT2D eigenvalue weighted by Gasteiger charge is 2.10. The van der Waals surface area contributed by atoms with Crippen LogP contribution in [0.25, 0.3) is 12.2 Å². The van der Waals surface area contributed by atoms with Gasteiger partial charge in [0.15, 0.2) is 0 Å². The lowest BCUT2D eigenvalue weighted by Gasteiger charge is -2.07. The van der Waals surface area contributed by atoms with Crippen LogP contribution in [0.4, 0.5) is 0 Å². The average Bonchev–Trinajstić information content (AvgIpc) is 2.89. The summed E-state index contributed by atoms with van der Waals surface area (Å²) in [7, 11) is 6.21. The minimum atomic E-state index is -0.340. The highest BCUT2D eigenvalue weighted by molar-refractivity contribution is 6.08. The Bertz CT molecular complexity index is 1150. The highest BCUT2D eigenvalue weighted by Crippen LogP contribution is 2.26. The molecule has 1 aromatic heterocycles. The number of rotatable bonds is 10. The largest absolute Gasteiger partial charge is 0.497 e. The van der Waals surface area contributed by atoms with Crippen molar-refractivity contribution >= 4 is 23.7 Å². The quantitative estimate of drug-likeness (QED) is 0.315. The molecule has 7 heteroatoms. The maximum absolute atomic E-state index is 12.7. The van der Waals surface area contributed by atoms with Crippen molar-refractivity contribution in [2.24, 2.45) is 0 Å². The van der Waals surface area contributed by atoms with Gasteiger partial charge < -0.3 is 18.9 Å². The van der Waals surface area contributed by atoms with E-state index in [-0.39, 0.29) is 23.0 Å². The number of ketones is 2. The maximum Gasteiger partial charge on any atom is 0.204 e. The monoisotopic (exact) mass is 459 g/mol. The third-order valence-electron chi connectivity index (χ3n) is 4.96. The molecule has 0 amide bonds. The third-order valence-corrected chi connectivity index (χ3v) is 4.96. The molecule has 0 radical (unpaired) electrons. The summed E-state index contributed by atoms with van der Waals surface area (Å²) in [5.41, 5.74) is 1.73. The number of hydrogen-bond acceptors (Lipinski definition) is 7. The van der Waals surface area contributed by atoms with Crippen LogP contribution in [0.5, 0.6) is 23.0 Å². The van der Waals surface area contributed by atoms with Gasteiger partial charge in [-0.15, -0.1) is 0 Å². The van der Waals surface area contributed by atoms with E-state index < -0.39 is 0 Å². The molecule has 0 bridgehead atoms. The van der Waals surface area contributed by atoms with Crippen molar-refractivity contribution in [1.29, 1.82) is 0 Å². The number of carbonyl (C=O) groups is 2. The van der Waals surface area contributed by atoms with Gasteiger partial charge in [0.1, 0.15) is 34.4 Å². The summed E-state index contributed by atoms with van der Waals surface area (Å²) < 4.78 is 21.1. The van der Waals surface area contributed by atoms with Gasteiger partial charge in [-0.1, -0.05) is 6.07 Å². The zero-order valence-corrected chi connectivity index (χ0v) is 19.4. The Morgan fingerprint density at radius 2 is 1.09 bits per heavy atom. The van der Waals surface area contributed by atoms with Crippen molar-refractivity contribution in [3.8, 4) is 23.0 Å². The van der Waals surface area contributed by atoms with Crippen LogP contribution in [0.15, 0.2) is 66.7 Å². The van der Waals surface area contributed by atoms with Crippen molar-refractivity contribution in [2.45, 2.75) is 0 Å². The summed E-state index contributed by atoms with van der Waals surface area (Å²) in [6.07, 6.45) is 6.04. The fourth-order valence-corrected chi connectivity index (χ4v) is 3.12. The van der Waals surface area contributed by atoms with Gasteiger partial charge in [-0.05, 0) is 60.7 Å². The molecule has 34 heavy (non-hydrogen) atoms. The van der Waals surface area contributed by atoms with Gasteiger partial charge in [0.2, 0.25) is 11.6 Å². The molecule has 0 N–H and O–H groups in total. The fourth-order valence-electron chi connectivity index (χ4n) is 3.12. The van der Waals surface area contributed by atoms with Crippen molar-refractivity contribution < 1.29 is 28.5 Å². The normalized spacial score (nSPS) is 10.9. The van der Waals surface area contributed by atoms with Crippen LogP contribution < -0.4 is 18.9 Å². The van der Waals surface area contributed by atoms with Gasteiger partial charge in [-0.25, -0.2) is 4.98 Å². The fraction of sp³-hybridized carbons (Fsp3) is 0.148. The number of hydrogen-bond donors (Lipinski definition) is 0. The van der Waals surface area contributed by atoms with E-state index in [0.717, 1.165) is 0 Å². The topological polar surface area (TPSA) is 84.0 Å². The molecule has 2 aromatic carbocycles. The van der Waals surface area contributed by atoms with Crippen LogP contribution >= 0.6 is 0 Å². The van der Waals surface area contributed by atoms with E-state index in [4.69, 9.17) is 18.9 Å². The first kappa shape index (κ1) is 24.3. The van der Waals surface area contributed by atoms with E-state index in [1.54, 1.807) is 95.2 Å². The first-order valence-corrected chi connectivity index (χ1v) is 10.3. The van der Waals surface area contributed by atoms with Crippen molar-refractivity contribution in [3.05, 3.63) is 89.3 Å². The number of allylic oxidation sites excluding steroid dienone is 2. The van der Waals surface area contributed by atoms with E-state index in [2.05, 4.69) is 4.98 Å². The summed E-state index contributed by atoms with van der Waals surface area (Å²) in [4.78, 5) is 29.6. The summed E-state index contributed by atoms with van der Waals surface area (Å²) >= 11 is 0. The number of nitrogens with zero attached hydrogens (tertiary/aromatic N) is 1. The smallest absolute Gasteiger partial charge is 0.204 e. The Morgan fingerprint density at radius 1 is 0.647 bits per heavy atom. The summed E-state index contributed by atoms with van der Waals surface area (Å²) in [5, 5.41) is 0. The molecule has 3 rings (SSSR count). The number of ether oxygens (including phenoxy) is 4. The molecule has 1 heterocycles. The van der Waals surface area contributed by atoms with Gasteiger partial charge in [0, 0.05) is 23.3 Å². The molecule has 0 saturated heterocycles. The van der Waals surface area contributed by atoms with Crippen molar-refractivity contribution in [2.75, 3.05) is 28.4 Å². The number of methoxy groups -OCH3 is 4. The zero-order valence-electron chi connectivity index (χ0n) is 19.4. The molecule has 174 valence electrons. The Morgan fingerprint density at radius 3 is 1.47 bits per heavy atom.